The number of nitrogens with one attached hydrogen (secondary N) is 1. The third-order valence-corrected chi connectivity index (χ3v) is 4.00. The molecule has 7 heteroatoms. The zero-order valence-corrected chi connectivity index (χ0v) is 12.8. The van der Waals surface area contributed by atoms with Crippen LogP contribution in [0.25, 0.3) is 0 Å². The van der Waals surface area contributed by atoms with Crippen LogP contribution in [0.1, 0.15) is 24.2 Å². The number of sulfonamides is 1. The summed E-state index contributed by atoms with van der Waals surface area (Å²) < 4.78 is 23.9. The van der Waals surface area contributed by atoms with Crippen molar-refractivity contribution in [3.05, 3.63) is 28.8 Å². The largest absolute Gasteiger partial charge is 0.350 e. The highest BCUT2D eigenvalue weighted by Crippen LogP contribution is 2.24. The van der Waals surface area contributed by atoms with Crippen molar-refractivity contribution in [2.45, 2.75) is 19.9 Å². The fourth-order valence-electron chi connectivity index (χ4n) is 1.42. The molecule has 1 N–H and O–H groups in total. The van der Waals surface area contributed by atoms with Gasteiger partial charge in [0.1, 0.15) is 0 Å². The highest BCUT2D eigenvalue weighted by molar-refractivity contribution is 7.92. The van der Waals surface area contributed by atoms with E-state index in [0.29, 0.717) is 11.3 Å². The number of carbonyl (C=O) groups is 1. The van der Waals surface area contributed by atoms with Crippen LogP contribution in [-0.2, 0) is 10.0 Å². The Hall–Kier alpha value is -1.27. The smallest absolute Gasteiger partial charge is 0.252 e. The van der Waals surface area contributed by atoms with Crippen molar-refractivity contribution in [3.8, 4) is 0 Å². The van der Waals surface area contributed by atoms with E-state index in [1.807, 2.05) is 13.8 Å². The van der Waals surface area contributed by atoms with Gasteiger partial charge in [-0.25, -0.2) is 8.42 Å². The summed E-state index contributed by atoms with van der Waals surface area (Å²) in [6.07, 6.45) is 1.10. The maximum atomic E-state index is 11.8. The van der Waals surface area contributed by atoms with Gasteiger partial charge in [-0.15, -0.1) is 0 Å². The third-order valence-electron chi connectivity index (χ3n) is 2.48. The van der Waals surface area contributed by atoms with E-state index in [0.717, 1.165) is 10.6 Å². The average molecular weight is 305 g/mol. The SMILES string of the molecule is CC(C)NC(=O)c1ccc(N(C)S(C)(=O)=O)cc1Cl. The standard InChI is InChI=1S/C12H17ClN2O3S/c1-8(2)14-12(16)10-6-5-9(7-11(10)13)15(3)19(4,17)18/h5-8H,1-4H3,(H,14,16). The van der Waals surface area contributed by atoms with E-state index in [1.165, 1.54) is 19.2 Å². The number of amides is 1. The number of carbonyl (C=O) groups excluding carboxylic acids is 1. The number of benzene rings is 1. The Morgan fingerprint density at radius 3 is 2.37 bits per heavy atom. The number of anilines is 1. The first-order valence-corrected chi connectivity index (χ1v) is 7.90. The minimum atomic E-state index is -3.35. The molecular weight excluding hydrogens is 288 g/mol. The lowest BCUT2D eigenvalue weighted by molar-refractivity contribution is 0.0943. The van der Waals surface area contributed by atoms with Crippen LogP contribution in [0.5, 0.6) is 0 Å². The molecule has 1 rings (SSSR count). The molecule has 1 aromatic carbocycles. The van der Waals surface area contributed by atoms with Crippen LogP contribution in [0.3, 0.4) is 0 Å². The third kappa shape index (κ3) is 4.11. The Morgan fingerprint density at radius 2 is 1.95 bits per heavy atom. The second kappa shape index (κ2) is 5.79. The molecule has 0 aliphatic rings. The predicted molar refractivity (Wildman–Crippen MR) is 77.3 cm³/mol. The Labute approximate surface area is 118 Å². The molecule has 106 valence electrons. The molecule has 0 fully saturated rings. The van der Waals surface area contributed by atoms with Crippen LogP contribution in [0.4, 0.5) is 5.69 Å². The summed E-state index contributed by atoms with van der Waals surface area (Å²) in [5, 5.41) is 2.94. The maximum absolute atomic E-state index is 11.8. The second-order valence-electron chi connectivity index (χ2n) is 4.52. The molecule has 0 saturated heterocycles. The van der Waals surface area contributed by atoms with Crippen molar-refractivity contribution >= 4 is 33.2 Å². The number of rotatable bonds is 4. The van der Waals surface area contributed by atoms with E-state index in [4.69, 9.17) is 11.6 Å². The molecule has 1 aromatic rings. The summed E-state index contributed by atoms with van der Waals surface area (Å²) in [6, 6.07) is 4.51. The van der Waals surface area contributed by atoms with Gasteiger partial charge in [-0.3, -0.25) is 9.10 Å². The van der Waals surface area contributed by atoms with Crippen LogP contribution in [0.15, 0.2) is 18.2 Å². The molecule has 1 amide bonds. The van der Waals surface area contributed by atoms with Crippen molar-refractivity contribution < 1.29 is 13.2 Å². The molecule has 0 atom stereocenters. The Morgan fingerprint density at radius 1 is 1.37 bits per heavy atom. The fraction of sp³-hybridized carbons (Fsp3) is 0.417. The second-order valence-corrected chi connectivity index (χ2v) is 6.94. The summed E-state index contributed by atoms with van der Waals surface area (Å²) >= 11 is 6.02. The molecule has 0 radical (unpaired) electrons. The molecule has 0 aliphatic heterocycles. The molecule has 0 heterocycles. The zero-order chi connectivity index (χ0) is 14.8. The van der Waals surface area contributed by atoms with Gasteiger partial charge in [-0.2, -0.15) is 0 Å². The average Bonchev–Trinajstić information content (AvgIpc) is 2.25. The topological polar surface area (TPSA) is 66.5 Å². The lowest BCUT2D eigenvalue weighted by atomic mass is 10.2. The quantitative estimate of drug-likeness (QED) is 0.923. The highest BCUT2D eigenvalue weighted by Gasteiger charge is 2.16. The lowest BCUT2D eigenvalue weighted by Crippen LogP contribution is -2.30. The molecular formula is C12H17ClN2O3S. The summed E-state index contributed by atoms with van der Waals surface area (Å²) in [5.41, 5.74) is 0.731. The van der Waals surface area contributed by atoms with Gasteiger partial charge in [0.05, 0.1) is 22.5 Å². The zero-order valence-electron chi connectivity index (χ0n) is 11.3. The predicted octanol–water partition coefficient (Wildman–Crippen LogP) is 1.87. The van der Waals surface area contributed by atoms with Crippen molar-refractivity contribution in [2.75, 3.05) is 17.6 Å². The van der Waals surface area contributed by atoms with E-state index in [1.54, 1.807) is 6.07 Å². The van der Waals surface area contributed by atoms with Crippen molar-refractivity contribution in [3.63, 3.8) is 0 Å². The first-order chi connectivity index (χ1) is 8.62. The monoisotopic (exact) mass is 304 g/mol. The van der Waals surface area contributed by atoms with E-state index in [-0.39, 0.29) is 17.0 Å². The maximum Gasteiger partial charge on any atom is 0.252 e. The van der Waals surface area contributed by atoms with Crippen molar-refractivity contribution in [1.82, 2.24) is 5.32 Å². The minimum Gasteiger partial charge on any atom is -0.350 e. The normalized spacial score (nSPS) is 11.5. The van der Waals surface area contributed by atoms with Gasteiger partial charge < -0.3 is 5.32 Å². The van der Waals surface area contributed by atoms with E-state index >= 15 is 0 Å². The van der Waals surface area contributed by atoms with Gasteiger partial charge >= 0.3 is 0 Å². The van der Waals surface area contributed by atoms with Gasteiger partial charge in [-0.1, -0.05) is 11.6 Å². The number of nitrogens with zero attached hydrogens (tertiary/aromatic N) is 1. The summed E-state index contributed by atoms with van der Waals surface area (Å²) in [5.74, 6) is -0.284. The summed E-state index contributed by atoms with van der Waals surface area (Å²) in [6.45, 7) is 3.69. The molecule has 0 saturated carbocycles. The van der Waals surface area contributed by atoms with Crippen molar-refractivity contribution in [2.24, 2.45) is 0 Å². The van der Waals surface area contributed by atoms with E-state index in [9.17, 15) is 13.2 Å². The molecule has 0 unspecified atom stereocenters. The Balaban J connectivity index is 3.08. The fourth-order valence-corrected chi connectivity index (χ4v) is 2.17. The van der Waals surface area contributed by atoms with Crippen LogP contribution >= 0.6 is 11.6 Å². The Kier molecular flexibility index (Phi) is 4.81. The first kappa shape index (κ1) is 15.8. The summed E-state index contributed by atoms with van der Waals surface area (Å²) in [7, 11) is -1.93. The van der Waals surface area contributed by atoms with Crippen LogP contribution in [-0.4, -0.2) is 33.7 Å². The molecule has 0 aromatic heterocycles. The van der Waals surface area contributed by atoms with Gasteiger partial charge in [0.15, 0.2) is 0 Å². The summed E-state index contributed by atoms with van der Waals surface area (Å²) in [4.78, 5) is 11.8. The lowest BCUT2D eigenvalue weighted by Gasteiger charge is -2.17. The van der Waals surface area contributed by atoms with Gasteiger partial charge in [-0.05, 0) is 32.0 Å². The van der Waals surface area contributed by atoms with Gasteiger partial charge in [0, 0.05) is 13.1 Å². The molecule has 0 aliphatic carbocycles. The van der Waals surface area contributed by atoms with E-state index in [2.05, 4.69) is 5.32 Å². The van der Waals surface area contributed by atoms with Crippen LogP contribution in [0, 0.1) is 0 Å². The number of halogens is 1. The van der Waals surface area contributed by atoms with Gasteiger partial charge in [0.2, 0.25) is 10.0 Å². The Bertz CT molecular complexity index is 585. The molecule has 5 nitrogen and oxygen atoms in total. The van der Waals surface area contributed by atoms with E-state index < -0.39 is 10.0 Å². The van der Waals surface area contributed by atoms with Crippen LogP contribution in [0.2, 0.25) is 5.02 Å². The first-order valence-electron chi connectivity index (χ1n) is 5.67. The highest BCUT2D eigenvalue weighted by atomic mass is 35.5. The molecule has 0 spiro atoms. The minimum absolute atomic E-state index is 0.00179. The van der Waals surface area contributed by atoms with Crippen LogP contribution < -0.4 is 9.62 Å². The number of hydrogen-bond acceptors (Lipinski definition) is 3. The number of hydrogen-bond donors (Lipinski definition) is 1. The molecule has 19 heavy (non-hydrogen) atoms. The van der Waals surface area contributed by atoms with Crippen molar-refractivity contribution in [1.29, 1.82) is 0 Å². The molecule has 0 bridgehead atoms. The van der Waals surface area contributed by atoms with Gasteiger partial charge in [0.25, 0.3) is 5.91 Å².